The lowest BCUT2D eigenvalue weighted by molar-refractivity contribution is -0.130. The average Bonchev–Trinajstić information content (AvgIpc) is 3.02. The van der Waals surface area contributed by atoms with Crippen LogP contribution < -0.4 is 18.9 Å². The number of ether oxygens (including phenoxy) is 4. The number of carbonyl (C=O) groups is 2. The molecule has 14 heteroatoms. The first-order valence-electron chi connectivity index (χ1n) is 12.7. The number of hydrogen-bond donors (Lipinski definition) is 0. The normalized spacial score (nSPS) is 10.7. The van der Waals surface area contributed by atoms with Crippen LogP contribution in [0.2, 0.25) is 0 Å². The maximum atomic E-state index is 15.0. The quantitative estimate of drug-likeness (QED) is 0.0592. The average molecular weight is 650 g/mol. The molecule has 0 aromatic heterocycles. The zero-order valence-electron chi connectivity index (χ0n) is 23.5. The zero-order valence-corrected chi connectivity index (χ0v) is 23.5. The molecule has 46 heavy (non-hydrogen) atoms. The van der Waals surface area contributed by atoms with E-state index >= 15 is 17.6 Å². The Labute approximate surface area is 254 Å². The van der Waals surface area contributed by atoms with Crippen LogP contribution >= 0.6 is 0 Å². The topological polar surface area (TPSA) is 71.1 Å². The maximum absolute atomic E-state index is 15.0. The van der Waals surface area contributed by atoms with Crippen molar-refractivity contribution in [2.24, 2.45) is 0 Å². The third kappa shape index (κ3) is 6.55. The molecule has 0 atom stereocenters. The van der Waals surface area contributed by atoms with Gasteiger partial charge in [0.15, 0.2) is 23.3 Å². The van der Waals surface area contributed by atoms with Gasteiger partial charge in [-0.05, 0) is 62.4 Å². The van der Waals surface area contributed by atoms with Gasteiger partial charge in [-0.3, -0.25) is 0 Å². The van der Waals surface area contributed by atoms with E-state index in [1.54, 1.807) is 0 Å². The van der Waals surface area contributed by atoms with Crippen LogP contribution in [0.15, 0.2) is 72.8 Å². The second-order valence-electron chi connectivity index (χ2n) is 9.41. The first-order chi connectivity index (χ1) is 21.6. The molecule has 0 radical (unpaired) electrons. The Morgan fingerprint density at radius 3 is 0.935 bits per heavy atom. The molecule has 0 aliphatic carbocycles. The molecule has 0 unspecified atom stereocenters. The molecule has 0 spiro atoms. The summed E-state index contributed by atoms with van der Waals surface area (Å²) < 4.78 is 139. The van der Waals surface area contributed by atoms with Gasteiger partial charge in [0, 0.05) is 11.1 Å². The first kappa shape index (κ1) is 33.2. The van der Waals surface area contributed by atoms with Crippen LogP contribution in [-0.2, 0) is 9.59 Å². The van der Waals surface area contributed by atoms with Crippen LogP contribution in [0.3, 0.4) is 0 Å². The van der Waals surface area contributed by atoms with Crippen molar-refractivity contribution in [1.82, 2.24) is 0 Å². The lowest BCUT2D eigenvalue weighted by Crippen LogP contribution is -2.09. The van der Waals surface area contributed by atoms with E-state index in [9.17, 15) is 27.2 Å². The Balaban J connectivity index is 1.68. The highest BCUT2D eigenvalue weighted by molar-refractivity contribution is 5.89. The van der Waals surface area contributed by atoms with Gasteiger partial charge >= 0.3 is 11.9 Å². The fourth-order valence-corrected chi connectivity index (χ4v) is 3.62. The number of halogens is 8. The Kier molecular flexibility index (Phi) is 9.49. The summed E-state index contributed by atoms with van der Waals surface area (Å²) in [6.07, 6.45) is 0. The summed E-state index contributed by atoms with van der Waals surface area (Å²) in [6.45, 7) is 9.50. The fraction of sp³-hybridized carbons (Fsp3) is 0.0625. The van der Waals surface area contributed by atoms with Crippen molar-refractivity contribution in [3.63, 3.8) is 0 Å². The van der Waals surface area contributed by atoms with E-state index < -0.39 is 92.6 Å². The molecular weight excluding hydrogens is 632 g/mol. The lowest BCUT2D eigenvalue weighted by Gasteiger charge is -2.16. The van der Waals surface area contributed by atoms with E-state index in [0.29, 0.717) is 0 Å². The van der Waals surface area contributed by atoms with Gasteiger partial charge in [-0.1, -0.05) is 13.2 Å². The predicted molar refractivity (Wildman–Crippen MR) is 145 cm³/mol. The molecule has 4 aromatic carbocycles. The predicted octanol–water partition coefficient (Wildman–Crippen LogP) is 9.01. The lowest BCUT2D eigenvalue weighted by atomic mass is 10.0. The van der Waals surface area contributed by atoms with E-state index in [1.807, 2.05) is 0 Å². The van der Waals surface area contributed by atoms with Crippen LogP contribution in [0.25, 0.3) is 11.1 Å². The third-order valence-corrected chi connectivity index (χ3v) is 5.90. The summed E-state index contributed by atoms with van der Waals surface area (Å²) >= 11 is 0. The van der Waals surface area contributed by atoms with Crippen LogP contribution in [0, 0.1) is 46.5 Å². The van der Waals surface area contributed by atoms with Crippen molar-refractivity contribution < 1.29 is 63.7 Å². The molecule has 0 saturated heterocycles. The number of carbonyl (C=O) groups excluding carboxylic acids is 2. The smallest absolute Gasteiger partial charge is 0.338 e. The molecule has 4 rings (SSSR count). The summed E-state index contributed by atoms with van der Waals surface area (Å²) in [5.74, 6) is -25.0. The van der Waals surface area contributed by atoms with Gasteiger partial charge < -0.3 is 18.9 Å². The van der Waals surface area contributed by atoms with Crippen molar-refractivity contribution in [1.29, 1.82) is 0 Å². The highest BCUT2D eigenvalue weighted by Gasteiger charge is 2.35. The van der Waals surface area contributed by atoms with Gasteiger partial charge in [0.05, 0.1) is 11.1 Å². The fourth-order valence-electron chi connectivity index (χ4n) is 3.62. The molecule has 0 amide bonds. The molecule has 238 valence electrons. The van der Waals surface area contributed by atoms with E-state index in [-0.39, 0.29) is 22.6 Å². The molecule has 0 bridgehead atoms. The largest absolute Gasteiger partial charge is 0.451 e. The minimum Gasteiger partial charge on any atom is -0.451 e. The van der Waals surface area contributed by atoms with Crippen molar-refractivity contribution in [3.8, 4) is 45.6 Å². The van der Waals surface area contributed by atoms with Crippen LogP contribution in [-0.4, -0.2) is 11.9 Å². The van der Waals surface area contributed by atoms with Gasteiger partial charge in [0.2, 0.25) is 34.8 Å². The van der Waals surface area contributed by atoms with Crippen molar-refractivity contribution in [2.45, 2.75) is 13.8 Å². The van der Waals surface area contributed by atoms with Crippen LogP contribution in [0.4, 0.5) is 35.1 Å². The molecule has 4 aromatic rings. The molecule has 0 N–H and O–H groups in total. The maximum Gasteiger partial charge on any atom is 0.338 e. The minimum absolute atomic E-state index is 0.0559. The molecule has 0 aliphatic rings. The minimum atomic E-state index is -2.45. The monoisotopic (exact) mass is 650 g/mol. The van der Waals surface area contributed by atoms with Gasteiger partial charge in [-0.2, -0.15) is 17.6 Å². The van der Waals surface area contributed by atoms with Gasteiger partial charge in [0.25, 0.3) is 0 Å². The van der Waals surface area contributed by atoms with E-state index in [2.05, 4.69) is 13.2 Å². The summed E-state index contributed by atoms with van der Waals surface area (Å²) in [7, 11) is 0. The Morgan fingerprint density at radius 1 is 0.457 bits per heavy atom. The summed E-state index contributed by atoms with van der Waals surface area (Å²) in [5.41, 5.74) is -4.12. The molecule has 0 aliphatic heterocycles. The molecule has 0 fully saturated rings. The second kappa shape index (κ2) is 13.1. The summed E-state index contributed by atoms with van der Waals surface area (Å²) in [5, 5.41) is 0. The first-order valence-corrected chi connectivity index (χ1v) is 12.7. The Morgan fingerprint density at radius 2 is 0.696 bits per heavy atom. The van der Waals surface area contributed by atoms with Crippen molar-refractivity contribution >= 4 is 11.9 Å². The highest BCUT2D eigenvalue weighted by atomic mass is 19.2. The second-order valence-corrected chi connectivity index (χ2v) is 9.41. The van der Waals surface area contributed by atoms with E-state index in [1.165, 1.54) is 13.8 Å². The van der Waals surface area contributed by atoms with E-state index in [0.717, 1.165) is 48.5 Å². The van der Waals surface area contributed by atoms with Crippen LogP contribution in [0.1, 0.15) is 13.8 Å². The molecular formula is C32H18F8O6. The third-order valence-electron chi connectivity index (χ3n) is 5.90. The van der Waals surface area contributed by atoms with Gasteiger partial charge in [0.1, 0.15) is 23.0 Å². The number of benzene rings is 4. The summed E-state index contributed by atoms with van der Waals surface area (Å²) in [4.78, 5) is 23.2. The molecule has 0 heterocycles. The van der Waals surface area contributed by atoms with Crippen LogP contribution in [0.5, 0.6) is 34.5 Å². The Bertz CT molecular complexity index is 1710. The Hall–Kier alpha value is -5.66. The van der Waals surface area contributed by atoms with Gasteiger partial charge in [-0.25, -0.2) is 27.2 Å². The summed E-state index contributed by atoms with van der Waals surface area (Å²) in [6, 6.07) is 8.37. The zero-order chi connectivity index (χ0) is 34.0. The highest BCUT2D eigenvalue weighted by Crippen LogP contribution is 2.43. The van der Waals surface area contributed by atoms with Gasteiger partial charge in [-0.15, -0.1) is 0 Å². The molecule has 6 nitrogen and oxygen atoms in total. The standard InChI is InChI=1S/C32H18F8O6/c1-13(2)31(41)45-17-9-5-15(6-10-17)43-29-25(37)21(33)19(22(34)26(29)38)20-23(35)27(39)30(28(40)24(20)36)44-16-7-11-18(12-8-16)46-32(42)14(3)4/h5-12H,1,3H2,2,4H3. The van der Waals surface area contributed by atoms with Crippen molar-refractivity contribution in [2.75, 3.05) is 0 Å². The number of hydrogen-bond acceptors (Lipinski definition) is 6. The van der Waals surface area contributed by atoms with E-state index in [4.69, 9.17) is 18.9 Å². The molecule has 0 saturated carbocycles. The number of rotatable bonds is 9. The number of esters is 2. The SMILES string of the molecule is C=C(C)C(=O)Oc1ccc(Oc2c(F)c(F)c(-c3c(F)c(F)c(Oc4ccc(OC(=O)C(=C)C)cc4)c(F)c3F)c(F)c2F)cc1. The van der Waals surface area contributed by atoms with Crippen molar-refractivity contribution in [3.05, 3.63) is 119 Å².